The summed E-state index contributed by atoms with van der Waals surface area (Å²) in [6.07, 6.45) is 10.4. The second kappa shape index (κ2) is 13.9. The van der Waals surface area contributed by atoms with Gasteiger partial charge < -0.3 is 19.8 Å². The fraction of sp³-hybridized carbons (Fsp3) is 0.350. The molecular weight excluding hydrogens is 601 g/mol. The first-order valence-corrected chi connectivity index (χ1v) is 17.4. The third kappa shape index (κ3) is 6.73. The molecule has 3 aliphatic rings. The number of benzene rings is 3. The molecule has 0 spiro atoms. The van der Waals surface area contributed by atoms with Gasteiger partial charge >= 0.3 is 0 Å². The third-order valence-electron chi connectivity index (χ3n) is 9.85. The van der Waals surface area contributed by atoms with E-state index in [4.69, 9.17) is 14.5 Å². The summed E-state index contributed by atoms with van der Waals surface area (Å²) in [5.74, 6) is 1.07. The molecule has 0 radical (unpaired) electrons. The van der Waals surface area contributed by atoms with Gasteiger partial charge in [-0.3, -0.25) is 14.9 Å². The van der Waals surface area contributed by atoms with Crippen LogP contribution in [0, 0.1) is 5.82 Å². The fourth-order valence-electron chi connectivity index (χ4n) is 7.35. The van der Waals surface area contributed by atoms with Crippen LogP contribution in [0.2, 0.25) is 0 Å². The van der Waals surface area contributed by atoms with Gasteiger partial charge in [0, 0.05) is 47.4 Å². The number of halogens is 1. The van der Waals surface area contributed by atoms with Crippen molar-refractivity contribution in [3.8, 4) is 33.8 Å². The summed E-state index contributed by atoms with van der Waals surface area (Å²) in [6, 6.07) is 22.1. The first-order chi connectivity index (χ1) is 23.7. The number of hydrogen-bond acceptors (Lipinski definition) is 6. The minimum atomic E-state index is -0.300. The molecule has 3 aromatic carbocycles. The van der Waals surface area contributed by atoms with Gasteiger partial charge in [-0.15, -0.1) is 0 Å². The van der Waals surface area contributed by atoms with Gasteiger partial charge in [0.05, 0.1) is 17.6 Å². The number of pyridine rings is 1. The predicted molar refractivity (Wildman–Crippen MR) is 190 cm³/mol. The van der Waals surface area contributed by atoms with Gasteiger partial charge in [-0.05, 0) is 123 Å². The molecular formula is C40H42FN5O2. The summed E-state index contributed by atoms with van der Waals surface area (Å²) in [5.41, 5.74) is 9.17. The van der Waals surface area contributed by atoms with Crippen molar-refractivity contribution in [3.63, 3.8) is 0 Å². The van der Waals surface area contributed by atoms with Crippen LogP contribution in [0.15, 0.2) is 84.1 Å². The predicted octanol–water partition coefficient (Wildman–Crippen LogP) is 7.43. The van der Waals surface area contributed by atoms with Crippen molar-refractivity contribution in [1.82, 2.24) is 20.2 Å². The molecule has 8 heteroatoms. The van der Waals surface area contributed by atoms with Gasteiger partial charge in [0.25, 0.3) is 0 Å². The monoisotopic (exact) mass is 643 g/mol. The molecule has 7 nitrogen and oxygen atoms in total. The molecule has 0 amide bonds. The highest BCUT2D eigenvalue weighted by molar-refractivity contribution is 6.16. The van der Waals surface area contributed by atoms with Crippen LogP contribution >= 0.6 is 0 Å². The first kappa shape index (κ1) is 30.8. The quantitative estimate of drug-likeness (QED) is 0.175. The molecule has 2 fully saturated rings. The molecule has 48 heavy (non-hydrogen) atoms. The Balaban J connectivity index is 1.09. The molecule has 5 aromatic rings. The number of rotatable bonds is 9. The van der Waals surface area contributed by atoms with Gasteiger partial charge in [-0.1, -0.05) is 24.3 Å². The summed E-state index contributed by atoms with van der Waals surface area (Å²) in [5, 5.41) is 4.42. The lowest BCUT2D eigenvalue weighted by Gasteiger charge is -2.23. The van der Waals surface area contributed by atoms with Crippen LogP contribution in [0.5, 0.6) is 11.5 Å². The summed E-state index contributed by atoms with van der Waals surface area (Å²) in [6.45, 7) is 6.36. The molecule has 246 valence electrons. The number of nitrogens with one attached hydrogen (secondary N) is 2. The van der Waals surface area contributed by atoms with Crippen LogP contribution in [0.25, 0.3) is 33.2 Å². The van der Waals surface area contributed by atoms with E-state index in [0.29, 0.717) is 12.4 Å². The van der Waals surface area contributed by atoms with E-state index in [2.05, 4.69) is 62.6 Å². The van der Waals surface area contributed by atoms with Crippen LogP contribution < -0.4 is 14.8 Å². The SMILES string of the molecule is Fc1cc(OCCN2CCCC2)cc(-c2cccc3[nH]c(C4=NCCCc5ccc(-c6cncc(OC7CCNCC7)c6)cc54)cc23)c1. The Labute approximate surface area is 281 Å². The van der Waals surface area contributed by atoms with Crippen molar-refractivity contribution in [2.24, 2.45) is 4.99 Å². The number of aliphatic imine (C=N–C) groups is 1. The highest BCUT2D eigenvalue weighted by Gasteiger charge is 2.20. The zero-order valence-corrected chi connectivity index (χ0v) is 27.3. The maximum Gasteiger partial charge on any atom is 0.138 e. The van der Waals surface area contributed by atoms with Gasteiger partial charge in [-0.25, -0.2) is 4.39 Å². The number of nitrogens with zero attached hydrogens (tertiary/aromatic N) is 3. The zero-order valence-electron chi connectivity index (χ0n) is 27.3. The molecule has 2 saturated heterocycles. The molecule has 0 bridgehead atoms. The Hall–Kier alpha value is -4.53. The molecule has 2 N–H and O–H groups in total. The minimum Gasteiger partial charge on any atom is -0.492 e. The van der Waals surface area contributed by atoms with Crippen molar-refractivity contribution >= 4 is 16.6 Å². The largest absolute Gasteiger partial charge is 0.492 e. The first-order valence-electron chi connectivity index (χ1n) is 17.4. The maximum atomic E-state index is 14.9. The Morgan fingerprint density at radius 3 is 2.60 bits per heavy atom. The van der Waals surface area contributed by atoms with E-state index in [9.17, 15) is 4.39 Å². The summed E-state index contributed by atoms with van der Waals surface area (Å²) >= 11 is 0. The highest BCUT2D eigenvalue weighted by Crippen LogP contribution is 2.34. The number of aromatic nitrogens is 2. The van der Waals surface area contributed by atoms with Crippen LogP contribution in [-0.4, -0.2) is 72.6 Å². The van der Waals surface area contributed by atoms with Crippen LogP contribution in [0.1, 0.15) is 48.9 Å². The van der Waals surface area contributed by atoms with Gasteiger partial charge in [0.1, 0.15) is 30.0 Å². The summed E-state index contributed by atoms with van der Waals surface area (Å²) in [4.78, 5) is 15.7. The average molecular weight is 644 g/mol. The highest BCUT2D eigenvalue weighted by atomic mass is 19.1. The van der Waals surface area contributed by atoms with Crippen LogP contribution in [-0.2, 0) is 6.42 Å². The smallest absolute Gasteiger partial charge is 0.138 e. The topological polar surface area (TPSA) is 74.8 Å². The van der Waals surface area contributed by atoms with Crippen molar-refractivity contribution in [3.05, 3.63) is 102 Å². The van der Waals surface area contributed by atoms with Gasteiger partial charge in [0.15, 0.2) is 0 Å². The number of fused-ring (bicyclic) bond motifs is 2. The van der Waals surface area contributed by atoms with E-state index in [1.165, 1.54) is 24.5 Å². The molecule has 0 unspecified atom stereocenters. The fourth-order valence-corrected chi connectivity index (χ4v) is 7.35. The Morgan fingerprint density at radius 2 is 1.71 bits per heavy atom. The number of hydrogen-bond donors (Lipinski definition) is 2. The number of likely N-dealkylation sites (tertiary alicyclic amines) is 1. The molecule has 3 aliphatic heterocycles. The zero-order chi connectivity index (χ0) is 32.3. The minimum absolute atomic E-state index is 0.215. The lowest BCUT2D eigenvalue weighted by molar-refractivity contribution is 0.162. The van der Waals surface area contributed by atoms with E-state index in [1.807, 2.05) is 24.5 Å². The van der Waals surface area contributed by atoms with E-state index >= 15 is 0 Å². The van der Waals surface area contributed by atoms with Crippen LogP contribution in [0.3, 0.4) is 0 Å². The number of aromatic amines is 1. The summed E-state index contributed by atoms with van der Waals surface area (Å²) in [7, 11) is 0. The molecule has 0 saturated carbocycles. The Bertz CT molecular complexity index is 1940. The third-order valence-corrected chi connectivity index (χ3v) is 9.85. The Morgan fingerprint density at radius 1 is 0.833 bits per heavy atom. The normalized spacial score (nSPS) is 17.2. The lowest BCUT2D eigenvalue weighted by Crippen LogP contribution is -2.34. The molecule has 5 heterocycles. The number of H-pyrrole nitrogens is 1. The standard InChI is InChI=1S/C40H42FN5O2/c41-31-19-29(20-33(23-31)47-18-17-46-15-1-2-16-46)35-6-3-7-38-37(35)24-39(45-38)40-36-22-28(9-8-27(36)5-4-12-44-40)30-21-34(26-43-25-30)48-32-10-13-42-14-11-32/h3,6-9,19-26,32,42,45H,1-2,4-5,10-18H2. The molecule has 2 aromatic heterocycles. The van der Waals surface area contributed by atoms with Gasteiger partial charge in [-0.2, -0.15) is 0 Å². The maximum absolute atomic E-state index is 14.9. The van der Waals surface area contributed by atoms with Crippen molar-refractivity contribution in [2.75, 3.05) is 45.9 Å². The van der Waals surface area contributed by atoms with Crippen molar-refractivity contribution in [1.29, 1.82) is 0 Å². The van der Waals surface area contributed by atoms with Crippen molar-refractivity contribution in [2.45, 2.75) is 44.6 Å². The molecule has 8 rings (SSSR count). The second-order valence-electron chi connectivity index (χ2n) is 13.2. The number of piperidine rings is 1. The van der Waals surface area contributed by atoms with E-state index in [1.54, 1.807) is 6.07 Å². The summed E-state index contributed by atoms with van der Waals surface area (Å²) < 4.78 is 27.3. The van der Waals surface area contributed by atoms with E-state index in [-0.39, 0.29) is 11.9 Å². The van der Waals surface area contributed by atoms with Crippen LogP contribution in [0.4, 0.5) is 4.39 Å². The molecule has 0 atom stereocenters. The number of aryl methyl sites for hydroxylation is 1. The van der Waals surface area contributed by atoms with Crippen molar-refractivity contribution < 1.29 is 13.9 Å². The number of ether oxygens (including phenoxy) is 2. The van der Waals surface area contributed by atoms with E-state index < -0.39 is 0 Å². The van der Waals surface area contributed by atoms with Gasteiger partial charge in [0.2, 0.25) is 0 Å². The van der Waals surface area contributed by atoms with E-state index in [0.717, 1.165) is 121 Å². The lowest BCUT2D eigenvalue weighted by atomic mass is 9.94. The Kier molecular flexibility index (Phi) is 8.92. The average Bonchev–Trinajstić information content (AvgIpc) is 3.74. The second-order valence-corrected chi connectivity index (χ2v) is 13.2. The molecule has 0 aliphatic carbocycles.